The van der Waals surface area contributed by atoms with Crippen LogP contribution in [0.3, 0.4) is 0 Å². The van der Waals surface area contributed by atoms with E-state index in [0.29, 0.717) is 12.1 Å². The van der Waals surface area contributed by atoms with Gasteiger partial charge in [0.05, 0.1) is 0 Å². The molecule has 4 heteroatoms. The van der Waals surface area contributed by atoms with Crippen LogP contribution in [0.5, 0.6) is 0 Å². The maximum Gasteiger partial charge on any atom is 0.123 e. The van der Waals surface area contributed by atoms with E-state index in [9.17, 15) is 4.39 Å². The van der Waals surface area contributed by atoms with Gasteiger partial charge < -0.3 is 5.32 Å². The number of nitrogens with zero attached hydrogens (tertiary/aromatic N) is 1. The summed E-state index contributed by atoms with van der Waals surface area (Å²) in [6.07, 6.45) is 0. The highest BCUT2D eigenvalue weighted by Crippen LogP contribution is 2.21. The molecule has 17 heavy (non-hydrogen) atoms. The summed E-state index contributed by atoms with van der Waals surface area (Å²) in [7, 11) is 0. The monoisotopic (exact) mass is 300 g/mol. The fourth-order valence-electron chi connectivity index (χ4n) is 2.20. The Hall–Kier alpha value is -0.450. The molecule has 1 fully saturated rings. The van der Waals surface area contributed by atoms with Gasteiger partial charge in [0.1, 0.15) is 5.82 Å². The molecule has 1 aliphatic heterocycles. The van der Waals surface area contributed by atoms with Gasteiger partial charge in [-0.15, -0.1) is 0 Å². The molecule has 94 valence electrons. The molecule has 1 N–H and O–H groups in total. The molecule has 1 heterocycles. The molecule has 1 aliphatic rings. The van der Waals surface area contributed by atoms with Crippen molar-refractivity contribution in [3.8, 4) is 0 Å². The molecule has 1 saturated heterocycles. The molecule has 0 amide bonds. The highest BCUT2D eigenvalue weighted by Gasteiger charge is 2.22. The van der Waals surface area contributed by atoms with E-state index in [1.807, 2.05) is 0 Å². The van der Waals surface area contributed by atoms with Crippen molar-refractivity contribution in [1.82, 2.24) is 10.2 Å². The second-order valence-electron chi connectivity index (χ2n) is 4.82. The van der Waals surface area contributed by atoms with Gasteiger partial charge in [0.25, 0.3) is 0 Å². The third-order valence-electron chi connectivity index (χ3n) is 3.27. The maximum atomic E-state index is 13.2. The molecule has 1 aromatic carbocycles. The average Bonchev–Trinajstić information content (AvgIpc) is 2.28. The Morgan fingerprint density at radius 3 is 3.00 bits per heavy atom. The molecular formula is C13H18BrFN2. The summed E-state index contributed by atoms with van der Waals surface area (Å²) < 4.78 is 14.2. The first-order valence-electron chi connectivity index (χ1n) is 5.97. The van der Waals surface area contributed by atoms with Crippen LogP contribution in [-0.4, -0.2) is 30.1 Å². The first-order chi connectivity index (χ1) is 8.06. The quantitative estimate of drug-likeness (QED) is 0.903. The van der Waals surface area contributed by atoms with Gasteiger partial charge in [-0.05, 0) is 37.6 Å². The number of nitrogens with one attached hydrogen (secondary N) is 1. The first-order valence-corrected chi connectivity index (χ1v) is 6.77. The van der Waals surface area contributed by atoms with Gasteiger partial charge in [0, 0.05) is 36.2 Å². The van der Waals surface area contributed by atoms with Crippen LogP contribution in [0, 0.1) is 5.82 Å². The lowest BCUT2D eigenvalue weighted by atomic mass is 10.1. The predicted molar refractivity (Wildman–Crippen MR) is 71.4 cm³/mol. The Morgan fingerprint density at radius 1 is 1.47 bits per heavy atom. The van der Waals surface area contributed by atoms with Crippen LogP contribution >= 0.6 is 15.9 Å². The van der Waals surface area contributed by atoms with Crippen LogP contribution in [-0.2, 0) is 6.54 Å². The van der Waals surface area contributed by atoms with E-state index >= 15 is 0 Å². The van der Waals surface area contributed by atoms with E-state index in [1.54, 1.807) is 12.1 Å². The van der Waals surface area contributed by atoms with E-state index in [2.05, 4.69) is 40.0 Å². The van der Waals surface area contributed by atoms with Crippen molar-refractivity contribution >= 4 is 15.9 Å². The Kier molecular flexibility index (Phi) is 4.17. The van der Waals surface area contributed by atoms with Crippen molar-refractivity contribution in [2.24, 2.45) is 0 Å². The van der Waals surface area contributed by atoms with Gasteiger partial charge in [0.15, 0.2) is 0 Å². The van der Waals surface area contributed by atoms with Crippen LogP contribution in [0.25, 0.3) is 0 Å². The first kappa shape index (κ1) is 13.0. The zero-order valence-electron chi connectivity index (χ0n) is 10.2. The number of halogens is 2. The Morgan fingerprint density at radius 2 is 2.24 bits per heavy atom. The van der Waals surface area contributed by atoms with Crippen molar-refractivity contribution in [1.29, 1.82) is 0 Å². The van der Waals surface area contributed by atoms with Gasteiger partial charge in [-0.2, -0.15) is 0 Å². The third kappa shape index (κ3) is 3.27. The molecule has 0 bridgehead atoms. The highest BCUT2D eigenvalue weighted by molar-refractivity contribution is 9.10. The van der Waals surface area contributed by atoms with Gasteiger partial charge in [0.2, 0.25) is 0 Å². The van der Waals surface area contributed by atoms with E-state index in [-0.39, 0.29) is 5.82 Å². The molecule has 2 nitrogen and oxygen atoms in total. The summed E-state index contributed by atoms with van der Waals surface area (Å²) in [5, 5.41) is 3.45. The number of hydrogen-bond donors (Lipinski definition) is 1. The number of benzene rings is 1. The number of rotatable bonds is 2. The highest BCUT2D eigenvalue weighted by atomic mass is 79.9. The van der Waals surface area contributed by atoms with Crippen molar-refractivity contribution < 1.29 is 4.39 Å². The van der Waals surface area contributed by atoms with Crippen LogP contribution in [0.1, 0.15) is 19.4 Å². The lowest BCUT2D eigenvalue weighted by Gasteiger charge is -2.37. The summed E-state index contributed by atoms with van der Waals surface area (Å²) >= 11 is 3.48. The van der Waals surface area contributed by atoms with Crippen LogP contribution in [0.2, 0.25) is 0 Å². The van der Waals surface area contributed by atoms with E-state index in [4.69, 9.17) is 0 Å². The summed E-state index contributed by atoms with van der Waals surface area (Å²) in [6, 6.07) is 5.86. The van der Waals surface area contributed by atoms with Crippen LogP contribution in [0.15, 0.2) is 22.7 Å². The minimum absolute atomic E-state index is 0.168. The molecule has 0 saturated carbocycles. The van der Waals surface area contributed by atoms with Gasteiger partial charge >= 0.3 is 0 Å². The minimum Gasteiger partial charge on any atom is -0.311 e. The largest absolute Gasteiger partial charge is 0.311 e. The lowest BCUT2D eigenvalue weighted by molar-refractivity contribution is 0.138. The fourth-order valence-corrected chi connectivity index (χ4v) is 2.57. The molecule has 2 rings (SSSR count). The second-order valence-corrected chi connectivity index (χ2v) is 5.68. The zero-order chi connectivity index (χ0) is 12.4. The molecule has 0 spiro atoms. The lowest BCUT2D eigenvalue weighted by Crippen LogP contribution is -2.53. The van der Waals surface area contributed by atoms with Gasteiger partial charge in [-0.25, -0.2) is 4.39 Å². The second kappa shape index (κ2) is 5.46. The third-order valence-corrected chi connectivity index (χ3v) is 4.05. The number of piperazine rings is 1. The van der Waals surface area contributed by atoms with E-state index in [0.717, 1.165) is 29.7 Å². The molecular weight excluding hydrogens is 283 g/mol. The predicted octanol–water partition coefficient (Wildman–Crippen LogP) is 2.77. The minimum atomic E-state index is -0.168. The van der Waals surface area contributed by atoms with E-state index < -0.39 is 0 Å². The smallest absolute Gasteiger partial charge is 0.123 e. The molecule has 2 unspecified atom stereocenters. The molecule has 0 aromatic heterocycles. The van der Waals surface area contributed by atoms with E-state index in [1.165, 1.54) is 6.07 Å². The summed E-state index contributed by atoms with van der Waals surface area (Å²) in [5.74, 6) is -0.168. The summed E-state index contributed by atoms with van der Waals surface area (Å²) in [6.45, 7) is 7.18. The summed E-state index contributed by atoms with van der Waals surface area (Å²) in [4.78, 5) is 2.39. The Labute approximate surface area is 110 Å². The summed E-state index contributed by atoms with van der Waals surface area (Å²) in [5.41, 5.74) is 1.02. The van der Waals surface area contributed by atoms with Gasteiger partial charge in [-0.3, -0.25) is 4.90 Å². The average molecular weight is 301 g/mol. The Bertz CT molecular complexity index is 397. The van der Waals surface area contributed by atoms with Crippen LogP contribution < -0.4 is 5.32 Å². The topological polar surface area (TPSA) is 15.3 Å². The van der Waals surface area contributed by atoms with Crippen molar-refractivity contribution in [2.75, 3.05) is 13.1 Å². The number of hydrogen-bond acceptors (Lipinski definition) is 2. The zero-order valence-corrected chi connectivity index (χ0v) is 11.8. The SMILES string of the molecule is CC1CN(Cc2cc(F)ccc2Br)C(C)CN1. The van der Waals surface area contributed by atoms with Crippen molar-refractivity contribution in [3.63, 3.8) is 0 Å². The van der Waals surface area contributed by atoms with Crippen molar-refractivity contribution in [2.45, 2.75) is 32.5 Å². The molecule has 2 atom stereocenters. The molecule has 1 aromatic rings. The maximum absolute atomic E-state index is 13.2. The van der Waals surface area contributed by atoms with Crippen molar-refractivity contribution in [3.05, 3.63) is 34.1 Å². The standard InChI is InChI=1S/C13H18BrFN2/c1-9-7-17(10(2)6-16-9)8-11-5-12(15)3-4-13(11)14/h3-5,9-10,16H,6-8H2,1-2H3. The van der Waals surface area contributed by atoms with Gasteiger partial charge in [-0.1, -0.05) is 15.9 Å². The normalized spacial score (nSPS) is 26.1. The van der Waals surface area contributed by atoms with Crippen LogP contribution in [0.4, 0.5) is 4.39 Å². The Balaban J connectivity index is 2.11. The molecule has 0 radical (unpaired) electrons. The fraction of sp³-hybridized carbons (Fsp3) is 0.538. The molecule has 0 aliphatic carbocycles.